The molecule has 1 aromatic carbocycles. The topological polar surface area (TPSA) is 48.9 Å². The van der Waals surface area contributed by atoms with Crippen molar-refractivity contribution in [2.45, 2.75) is 53.3 Å². The zero-order valence-corrected chi connectivity index (χ0v) is 16.9. The Labute approximate surface area is 159 Å². The fourth-order valence-corrected chi connectivity index (χ4v) is 3.11. The molecule has 1 heterocycles. The van der Waals surface area contributed by atoms with Gasteiger partial charge in [0.2, 0.25) is 0 Å². The van der Waals surface area contributed by atoms with Gasteiger partial charge in [-0.3, -0.25) is 4.90 Å². The number of nitrogens with zero attached hydrogens (tertiary/aromatic N) is 2. The first-order chi connectivity index (χ1) is 12.6. The fraction of sp³-hybridized carbons (Fsp3) is 0.667. The molecule has 0 saturated carbocycles. The first kappa shape index (κ1) is 20.7. The Morgan fingerprint density at radius 3 is 2.85 bits per heavy atom. The van der Waals surface area contributed by atoms with Crippen LogP contribution in [0.5, 0.6) is 0 Å². The van der Waals surface area contributed by atoms with Crippen molar-refractivity contribution in [3.05, 3.63) is 35.4 Å². The third-order valence-corrected chi connectivity index (χ3v) is 4.50. The number of rotatable bonds is 8. The van der Waals surface area contributed by atoms with Gasteiger partial charge in [-0.2, -0.15) is 0 Å². The molecule has 0 spiro atoms. The van der Waals surface area contributed by atoms with Crippen molar-refractivity contribution >= 4 is 5.96 Å². The summed E-state index contributed by atoms with van der Waals surface area (Å²) < 4.78 is 5.63. The summed E-state index contributed by atoms with van der Waals surface area (Å²) in [6.07, 6.45) is 1.48. The zero-order valence-electron chi connectivity index (χ0n) is 16.9. The number of hydrogen-bond donors (Lipinski definition) is 2. The van der Waals surface area contributed by atoms with Gasteiger partial charge in [0, 0.05) is 32.7 Å². The van der Waals surface area contributed by atoms with E-state index in [1.54, 1.807) is 0 Å². The maximum Gasteiger partial charge on any atom is 0.191 e. The number of benzene rings is 1. The lowest BCUT2D eigenvalue weighted by Gasteiger charge is -2.31. The predicted molar refractivity (Wildman–Crippen MR) is 109 cm³/mol. The Hall–Kier alpha value is -1.59. The SMILES string of the molecule is CCNC(=NCc1cccc(CN2CCOC(C)C2)c1)NCCC(C)C. The van der Waals surface area contributed by atoms with Crippen molar-refractivity contribution < 1.29 is 4.74 Å². The maximum atomic E-state index is 5.63. The molecule has 0 radical (unpaired) electrons. The Bertz CT molecular complexity index is 559. The van der Waals surface area contributed by atoms with Crippen molar-refractivity contribution in [3.8, 4) is 0 Å². The van der Waals surface area contributed by atoms with Crippen LogP contribution in [0.1, 0.15) is 45.2 Å². The molecular formula is C21H36N4O. The molecule has 0 aliphatic carbocycles. The molecule has 1 aromatic rings. The van der Waals surface area contributed by atoms with Crippen molar-refractivity contribution in [1.29, 1.82) is 0 Å². The molecule has 2 N–H and O–H groups in total. The predicted octanol–water partition coefficient (Wildman–Crippen LogP) is 3.01. The molecular weight excluding hydrogens is 324 g/mol. The van der Waals surface area contributed by atoms with E-state index in [1.165, 1.54) is 11.1 Å². The van der Waals surface area contributed by atoms with E-state index < -0.39 is 0 Å². The average molecular weight is 361 g/mol. The summed E-state index contributed by atoms with van der Waals surface area (Å²) in [5.41, 5.74) is 2.61. The third kappa shape index (κ3) is 7.75. The quantitative estimate of drug-likeness (QED) is 0.553. The van der Waals surface area contributed by atoms with Gasteiger partial charge in [-0.05, 0) is 37.3 Å². The highest BCUT2D eigenvalue weighted by Gasteiger charge is 2.16. The van der Waals surface area contributed by atoms with Gasteiger partial charge < -0.3 is 15.4 Å². The lowest BCUT2D eigenvalue weighted by Crippen LogP contribution is -2.40. The number of hydrogen-bond acceptors (Lipinski definition) is 3. The molecule has 5 heteroatoms. The molecule has 1 atom stereocenters. The van der Waals surface area contributed by atoms with Crippen LogP contribution >= 0.6 is 0 Å². The van der Waals surface area contributed by atoms with Gasteiger partial charge in [-0.1, -0.05) is 38.1 Å². The van der Waals surface area contributed by atoms with Gasteiger partial charge in [0.05, 0.1) is 19.3 Å². The minimum absolute atomic E-state index is 0.330. The molecule has 1 aliphatic rings. The van der Waals surface area contributed by atoms with Crippen LogP contribution in [0.25, 0.3) is 0 Å². The van der Waals surface area contributed by atoms with Gasteiger partial charge in [0.1, 0.15) is 0 Å². The molecule has 5 nitrogen and oxygen atoms in total. The van der Waals surface area contributed by atoms with Crippen LogP contribution in [0.2, 0.25) is 0 Å². The number of aliphatic imine (C=N–C) groups is 1. The second-order valence-electron chi connectivity index (χ2n) is 7.54. The Morgan fingerprint density at radius 2 is 2.12 bits per heavy atom. The monoisotopic (exact) mass is 360 g/mol. The zero-order chi connectivity index (χ0) is 18.8. The van der Waals surface area contributed by atoms with Crippen molar-refractivity contribution in [2.24, 2.45) is 10.9 Å². The Morgan fingerprint density at radius 1 is 1.31 bits per heavy atom. The standard InChI is InChI=1S/C21H36N4O/c1-5-22-21(23-10-9-17(2)3)24-14-19-7-6-8-20(13-19)16-25-11-12-26-18(4)15-25/h6-8,13,17-18H,5,9-12,14-16H2,1-4H3,(H2,22,23,24). The fourth-order valence-electron chi connectivity index (χ4n) is 3.11. The first-order valence-corrected chi connectivity index (χ1v) is 10.0. The highest BCUT2D eigenvalue weighted by atomic mass is 16.5. The van der Waals surface area contributed by atoms with Crippen LogP contribution in [0.3, 0.4) is 0 Å². The van der Waals surface area contributed by atoms with Gasteiger partial charge >= 0.3 is 0 Å². The van der Waals surface area contributed by atoms with Crippen LogP contribution in [0.4, 0.5) is 0 Å². The van der Waals surface area contributed by atoms with E-state index in [0.29, 0.717) is 18.6 Å². The molecule has 146 valence electrons. The summed E-state index contributed by atoms with van der Waals surface area (Å²) >= 11 is 0. The lowest BCUT2D eigenvalue weighted by molar-refractivity contribution is -0.0212. The number of nitrogens with one attached hydrogen (secondary N) is 2. The maximum absolute atomic E-state index is 5.63. The molecule has 1 unspecified atom stereocenters. The van der Waals surface area contributed by atoms with E-state index in [-0.39, 0.29) is 0 Å². The van der Waals surface area contributed by atoms with Gasteiger partial charge in [-0.25, -0.2) is 4.99 Å². The smallest absolute Gasteiger partial charge is 0.191 e. The van der Waals surface area contributed by atoms with Crippen LogP contribution in [-0.2, 0) is 17.8 Å². The first-order valence-electron chi connectivity index (χ1n) is 10.0. The highest BCUT2D eigenvalue weighted by molar-refractivity contribution is 5.79. The second kappa shape index (κ2) is 11.2. The minimum atomic E-state index is 0.330. The molecule has 2 rings (SSSR count). The van der Waals surface area contributed by atoms with E-state index >= 15 is 0 Å². The molecule has 1 saturated heterocycles. The highest BCUT2D eigenvalue weighted by Crippen LogP contribution is 2.12. The molecule has 1 aliphatic heterocycles. The van der Waals surface area contributed by atoms with E-state index in [1.807, 2.05) is 0 Å². The van der Waals surface area contributed by atoms with E-state index in [0.717, 1.165) is 51.7 Å². The summed E-state index contributed by atoms with van der Waals surface area (Å²) in [4.78, 5) is 7.21. The van der Waals surface area contributed by atoms with Gasteiger partial charge in [0.15, 0.2) is 5.96 Å². The molecule has 0 amide bonds. The normalized spacial score (nSPS) is 19.0. The number of morpholine rings is 1. The Balaban J connectivity index is 1.90. The van der Waals surface area contributed by atoms with Crippen molar-refractivity contribution in [3.63, 3.8) is 0 Å². The second-order valence-corrected chi connectivity index (χ2v) is 7.54. The van der Waals surface area contributed by atoms with E-state index in [9.17, 15) is 0 Å². The number of guanidine groups is 1. The number of ether oxygens (including phenoxy) is 1. The van der Waals surface area contributed by atoms with E-state index in [4.69, 9.17) is 9.73 Å². The van der Waals surface area contributed by atoms with Gasteiger partial charge in [0.25, 0.3) is 0 Å². The van der Waals surface area contributed by atoms with Gasteiger partial charge in [-0.15, -0.1) is 0 Å². The molecule has 0 bridgehead atoms. The summed E-state index contributed by atoms with van der Waals surface area (Å²) in [7, 11) is 0. The summed E-state index contributed by atoms with van der Waals surface area (Å²) in [6, 6.07) is 8.79. The molecule has 26 heavy (non-hydrogen) atoms. The minimum Gasteiger partial charge on any atom is -0.376 e. The van der Waals surface area contributed by atoms with Crippen LogP contribution < -0.4 is 10.6 Å². The summed E-state index contributed by atoms with van der Waals surface area (Å²) in [6.45, 7) is 15.1. The van der Waals surface area contributed by atoms with Crippen LogP contribution in [0.15, 0.2) is 29.3 Å². The molecule has 0 aromatic heterocycles. The van der Waals surface area contributed by atoms with Crippen molar-refractivity contribution in [2.75, 3.05) is 32.8 Å². The largest absolute Gasteiger partial charge is 0.376 e. The molecule has 1 fully saturated rings. The Kier molecular flexibility index (Phi) is 8.92. The van der Waals surface area contributed by atoms with Crippen LogP contribution in [-0.4, -0.2) is 49.7 Å². The summed E-state index contributed by atoms with van der Waals surface area (Å²) in [5, 5.41) is 6.75. The lowest BCUT2D eigenvalue weighted by atomic mass is 10.1. The summed E-state index contributed by atoms with van der Waals surface area (Å²) in [5.74, 6) is 1.60. The van der Waals surface area contributed by atoms with Crippen LogP contribution in [0, 0.1) is 5.92 Å². The average Bonchev–Trinajstić information content (AvgIpc) is 2.60. The third-order valence-electron chi connectivity index (χ3n) is 4.50. The van der Waals surface area contributed by atoms with Crippen molar-refractivity contribution in [1.82, 2.24) is 15.5 Å². The van der Waals surface area contributed by atoms with E-state index in [2.05, 4.69) is 67.5 Å².